The molecule has 6 fully saturated rings. The van der Waals surface area contributed by atoms with Gasteiger partial charge in [-0.3, -0.25) is 14.1 Å². The molecule has 0 aromatic heterocycles. The minimum Gasteiger partial charge on any atom is -0.394 e. The van der Waals surface area contributed by atoms with Crippen molar-refractivity contribution in [3.8, 4) is 0 Å². The Morgan fingerprint density at radius 3 is 2.00 bits per heavy atom. The van der Waals surface area contributed by atoms with Crippen molar-refractivity contribution in [1.82, 2.24) is 0 Å². The monoisotopic (exact) mass is 1390 g/mol. The number of ether oxygens (including phenoxy) is 8. The van der Waals surface area contributed by atoms with Gasteiger partial charge in [-0.25, -0.2) is 4.18 Å². The number of carbonyl (C=O) groups excluding carboxylic acids is 2. The van der Waals surface area contributed by atoms with E-state index in [-0.39, 0.29) is 56.5 Å². The van der Waals surface area contributed by atoms with Crippen LogP contribution >= 0.6 is 0 Å². The summed E-state index contributed by atoms with van der Waals surface area (Å²) in [6.07, 6.45) is 11.1. The fourth-order valence-electron chi connectivity index (χ4n) is 13.5. The van der Waals surface area contributed by atoms with Crippen LogP contribution < -0.4 is 0 Å². The average Bonchev–Trinajstić information content (AvgIpc) is 1.18. The number of aliphatic hydroxyl groups excluding tert-OH is 10. The van der Waals surface area contributed by atoms with Crippen LogP contribution in [0.25, 0.3) is 0 Å². The molecule has 6 aliphatic heterocycles. The summed E-state index contributed by atoms with van der Waals surface area (Å²) in [5.74, 6) is 0.669. The maximum Gasteiger partial charge on any atom is 0.397 e. The van der Waals surface area contributed by atoms with Gasteiger partial charge in [-0.05, 0) is 128 Å². The van der Waals surface area contributed by atoms with E-state index in [9.17, 15) is 73.6 Å². The van der Waals surface area contributed by atoms with Crippen LogP contribution in [-0.4, -0.2) is 230 Å². The first kappa shape index (κ1) is 82.1. The fourth-order valence-corrected chi connectivity index (χ4v) is 14.0. The smallest absolute Gasteiger partial charge is 0.394 e. The van der Waals surface area contributed by atoms with Gasteiger partial charge < -0.3 is 89.0 Å². The highest BCUT2D eigenvalue weighted by Crippen LogP contribution is 2.38. The standard InChI is InChI=1S/C71H118O24S/c1-6-7-30-55-58(91-55)36-46(4)32-34-56-54(90-56)31-20-14-12-10-8-9-11-13-17-23-44(2)25-21-26-45(3)24-18-15-16-19-27-48(74)28-22-29-51(89-71-68(83)66(81)64(79)62(94-71)43-87-70-67(82)65(80)63(78)61(42-72)93-70)39-49(75)38-50(76)40-52-33-35-57(88-52)59-41-53(77)69(95-96(84,85)86)60(92-59)37-47(5)73/h6,8,10,13,17,21,25,44-45,47,49,51-73,75,77-83H,1,4,7,9,11-12,14-16,18-20,22-24,26-43H2,2-3,5H3,(H,84,85,86)/b10-8+,17-13+,25-21+/t44-,45-,47-,49+,51-,52+,53-,54-,55-,56-,57-,58-,59+,60-,61+,62+,63+,64+,65-,66-,67+,68+,69-,70+,71+/m0/s1. The highest BCUT2D eigenvalue weighted by atomic mass is 32.3. The van der Waals surface area contributed by atoms with Crippen molar-refractivity contribution in [2.45, 2.75) is 348 Å². The van der Waals surface area contributed by atoms with Crippen LogP contribution in [0.2, 0.25) is 0 Å². The molecular formula is C71H118O24S. The lowest BCUT2D eigenvalue weighted by molar-refractivity contribution is -0.336. The van der Waals surface area contributed by atoms with Gasteiger partial charge in [-0.15, -0.1) is 6.58 Å². The third kappa shape index (κ3) is 29.6. The molecule has 0 bridgehead atoms. The quantitative estimate of drug-likeness (QED) is 0.0134. The molecule has 0 spiro atoms. The van der Waals surface area contributed by atoms with Crippen LogP contribution in [0.15, 0.2) is 61.3 Å². The molecule has 0 unspecified atom stereocenters. The maximum atomic E-state index is 13.5. The second-order valence-corrected chi connectivity index (χ2v) is 29.1. The molecule has 25 atom stereocenters. The number of unbranched alkanes of at least 4 members (excludes halogenated alkanes) is 6. The SMILES string of the molecule is C=CCC[C@@H]1O[C@H]1CC(=C)CC[C@@H]1O[C@H]1CCCC/C=C/CC/C=C/C[C@H](C)/C=C/C[C@@H](C)CCCCCCC(=O)CCC[C@@H](C[C@H](O)CC(=O)C[C@H]1CC[C@@H]([C@H]2C[C@H](O)[C@H](OS(=O)(=O)O)[C@H](C[C@H](C)O)O2)O1)O[C@@H]1O[C@H](CO[C@@H]2O[C@H](CO)[C@@H](O)[C@H](O)[C@H]2O)[C@@H](O)[C@H](O)[C@H]1O. The Morgan fingerprint density at radius 2 is 1.27 bits per heavy atom. The van der Waals surface area contributed by atoms with Gasteiger partial charge in [0, 0.05) is 44.9 Å². The zero-order chi connectivity index (χ0) is 69.9. The predicted octanol–water partition coefficient (Wildman–Crippen LogP) is 6.49. The van der Waals surface area contributed by atoms with Crippen LogP contribution in [-0.2, 0) is 62.1 Å². The van der Waals surface area contributed by atoms with E-state index in [1.807, 2.05) is 6.08 Å². The van der Waals surface area contributed by atoms with Gasteiger partial charge in [0.05, 0.1) is 86.5 Å². The highest BCUT2D eigenvalue weighted by molar-refractivity contribution is 7.80. The van der Waals surface area contributed by atoms with Crippen molar-refractivity contribution in [2.75, 3.05) is 13.2 Å². The summed E-state index contributed by atoms with van der Waals surface area (Å²) in [5, 5.41) is 106. The molecule has 0 aromatic carbocycles. The Bertz CT molecular complexity index is 2480. The summed E-state index contributed by atoms with van der Waals surface area (Å²) < 4.78 is 84.0. The fraction of sp³-hybridized carbons (Fsp3) is 0.831. The summed E-state index contributed by atoms with van der Waals surface area (Å²) in [5.41, 5.74) is 1.28. The van der Waals surface area contributed by atoms with Crippen LogP contribution in [0.4, 0.5) is 0 Å². The van der Waals surface area contributed by atoms with Gasteiger partial charge in [0.2, 0.25) is 0 Å². The zero-order valence-electron chi connectivity index (χ0n) is 56.9. The third-order valence-electron chi connectivity index (χ3n) is 19.3. The number of Topliss-reactive ketones (excluding diaryl/α,β-unsaturated/α-hetero) is 2. The molecule has 96 heavy (non-hydrogen) atoms. The van der Waals surface area contributed by atoms with E-state index in [1.54, 1.807) is 0 Å². The van der Waals surface area contributed by atoms with Crippen molar-refractivity contribution in [3.63, 3.8) is 0 Å². The number of epoxide rings is 2. The number of allylic oxidation sites excluding steroid dienone is 7. The molecule has 552 valence electrons. The van der Waals surface area contributed by atoms with Crippen LogP contribution in [0.3, 0.4) is 0 Å². The van der Waals surface area contributed by atoms with Gasteiger partial charge in [0.15, 0.2) is 12.6 Å². The van der Waals surface area contributed by atoms with E-state index < -0.39 is 140 Å². The Balaban J connectivity index is 0.855. The van der Waals surface area contributed by atoms with Gasteiger partial charge >= 0.3 is 10.4 Å². The Kier molecular flexibility index (Phi) is 36.4. The van der Waals surface area contributed by atoms with Gasteiger partial charge in [0.25, 0.3) is 0 Å². The van der Waals surface area contributed by atoms with Crippen LogP contribution in [0.5, 0.6) is 0 Å². The molecular weight excluding hydrogens is 1270 g/mol. The van der Waals surface area contributed by atoms with Gasteiger partial charge in [0.1, 0.15) is 66.5 Å². The molecule has 0 radical (unpaired) electrons. The van der Waals surface area contributed by atoms with Gasteiger partial charge in [-0.1, -0.05) is 101 Å². The van der Waals surface area contributed by atoms with Crippen molar-refractivity contribution in [1.29, 1.82) is 0 Å². The van der Waals surface area contributed by atoms with E-state index in [1.165, 1.54) is 25.3 Å². The minimum atomic E-state index is -4.97. The number of hydrogen-bond donors (Lipinski definition) is 11. The molecule has 6 heterocycles. The highest BCUT2D eigenvalue weighted by Gasteiger charge is 2.50. The summed E-state index contributed by atoms with van der Waals surface area (Å²) >= 11 is 0. The van der Waals surface area contributed by atoms with E-state index in [0.29, 0.717) is 61.9 Å². The van der Waals surface area contributed by atoms with E-state index in [2.05, 4.69) is 63.5 Å². The summed E-state index contributed by atoms with van der Waals surface area (Å²) in [7, 11) is -4.97. The normalized spacial score (nSPS) is 34.1. The lowest BCUT2D eigenvalue weighted by Gasteiger charge is -2.43. The molecule has 6 aliphatic rings. The molecule has 0 saturated carbocycles. The topological polar surface area (TPSA) is 380 Å². The van der Waals surface area contributed by atoms with E-state index in [0.717, 1.165) is 103 Å². The third-order valence-corrected chi connectivity index (χ3v) is 19.8. The van der Waals surface area contributed by atoms with E-state index in [4.69, 9.17) is 42.1 Å². The Morgan fingerprint density at radius 1 is 0.604 bits per heavy atom. The van der Waals surface area contributed by atoms with Crippen molar-refractivity contribution < 1.29 is 116 Å². The second kappa shape index (κ2) is 42.6. The van der Waals surface area contributed by atoms with Crippen molar-refractivity contribution >= 4 is 22.0 Å². The lowest BCUT2D eigenvalue weighted by Crippen LogP contribution is -2.62. The molecule has 24 nitrogen and oxygen atoms in total. The number of ketones is 2. The summed E-state index contributed by atoms with van der Waals surface area (Å²) in [6.45, 7) is 12.7. The molecule has 0 amide bonds. The summed E-state index contributed by atoms with van der Waals surface area (Å²) in [6, 6.07) is 0. The molecule has 6 rings (SSSR count). The van der Waals surface area contributed by atoms with E-state index >= 15 is 0 Å². The minimum absolute atomic E-state index is 0.0347. The van der Waals surface area contributed by atoms with Gasteiger partial charge in [-0.2, -0.15) is 8.42 Å². The first-order chi connectivity index (χ1) is 45.8. The first-order valence-corrected chi connectivity index (χ1v) is 37.1. The Labute approximate surface area is 569 Å². The lowest BCUT2D eigenvalue weighted by atomic mass is 9.91. The Hall–Kier alpha value is -2.81. The van der Waals surface area contributed by atoms with Crippen LogP contribution in [0, 0.1) is 11.8 Å². The largest absolute Gasteiger partial charge is 0.397 e. The van der Waals surface area contributed by atoms with Crippen LogP contribution in [0.1, 0.15) is 207 Å². The molecule has 0 aromatic rings. The molecule has 25 heteroatoms. The van der Waals surface area contributed by atoms with Crippen molar-refractivity contribution in [3.05, 3.63) is 61.3 Å². The molecule has 6 saturated heterocycles. The summed E-state index contributed by atoms with van der Waals surface area (Å²) in [4.78, 5) is 26.7. The van der Waals surface area contributed by atoms with Crippen molar-refractivity contribution in [2.24, 2.45) is 11.8 Å². The second-order valence-electron chi connectivity index (χ2n) is 28.1. The zero-order valence-corrected chi connectivity index (χ0v) is 57.8. The molecule has 11 N–H and O–H groups in total. The number of aliphatic hydroxyl groups is 10. The maximum absolute atomic E-state index is 13.5. The molecule has 0 aliphatic carbocycles. The first-order valence-electron chi connectivity index (χ1n) is 35.7. The average molecular weight is 1390 g/mol. The number of carbonyl (C=O) groups is 2. The number of rotatable bonds is 49. The predicted molar refractivity (Wildman–Crippen MR) is 355 cm³/mol. The number of hydrogen-bond acceptors (Lipinski definition) is 23.